The van der Waals surface area contributed by atoms with Crippen LogP contribution in [-0.2, 0) is 4.79 Å². The smallest absolute Gasteiger partial charge is 0.325 e. The van der Waals surface area contributed by atoms with E-state index in [0.29, 0.717) is 34.5 Å². The third kappa shape index (κ3) is 4.14. The van der Waals surface area contributed by atoms with Gasteiger partial charge >= 0.3 is 11.3 Å². The summed E-state index contributed by atoms with van der Waals surface area (Å²) in [7, 11) is 0. The number of fused-ring (bicyclic) bond motifs is 3. The molecule has 0 radical (unpaired) electrons. The number of hydrogen-bond donors (Lipinski definition) is 1. The molecule has 0 saturated heterocycles. The van der Waals surface area contributed by atoms with Gasteiger partial charge < -0.3 is 4.74 Å². The number of unbranched alkanes of at least 4 members (excludes halogenated alkanes) is 1. The van der Waals surface area contributed by atoms with Crippen molar-refractivity contribution in [3.8, 4) is 17.0 Å². The lowest BCUT2D eigenvalue weighted by molar-refractivity contribution is -0.763. The largest absolute Gasteiger partial charge is 0.494 e. The van der Waals surface area contributed by atoms with Crippen LogP contribution in [0.1, 0.15) is 45.3 Å². The third-order valence-electron chi connectivity index (χ3n) is 5.30. The molecule has 2 aromatic carbocycles. The van der Waals surface area contributed by atoms with E-state index in [1.807, 2.05) is 55.5 Å². The number of rotatable bonds is 7. The molecule has 0 saturated carbocycles. The molecular weight excluding hydrogens is 424 g/mol. The molecule has 1 amide bonds. The summed E-state index contributed by atoms with van der Waals surface area (Å²) >= 11 is 1.52. The van der Waals surface area contributed by atoms with Gasteiger partial charge in [0, 0.05) is 23.3 Å². The van der Waals surface area contributed by atoms with Crippen LogP contribution in [0.5, 0.6) is 5.75 Å². The Balaban J connectivity index is 1.95. The molecule has 1 aromatic heterocycles. The second-order valence-corrected chi connectivity index (χ2v) is 8.62. The number of nitrogens with one attached hydrogen (secondary N) is 1. The predicted octanol–water partition coefficient (Wildman–Crippen LogP) is 3.93. The quantitative estimate of drug-likeness (QED) is 0.335. The summed E-state index contributed by atoms with van der Waals surface area (Å²) in [5, 5.41) is 5.34. The molecule has 8 heteroatoms. The molecule has 0 spiro atoms. The molecule has 0 bridgehead atoms. The number of ether oxygens (including phenoxy) is 1. The SMILES string of the molecule is CCCCSc1n[n+]2c(c(=O)[nH]1)-c1ccccc1N(C(C)=O)[C@@H]2c1cccc(OCC)c1. The van der Waals surface area contributed by atoms with E-state index < -0.39 is 6.17 Å². The maximum atomic E-state index is 13.2. The number of benzene rings is 2. The highest BCUT2D eigenvalue weighted by Gasteiger charge is 2.44. The maximum Gasteiger partial charge on any atom is 0.325 e. The first kappa shape index (κ1) is 22.1. The lowest BCUT2D eigenvalue weighted by atomic mass is 10.0. The number of aromatic amines is 1. The van der Waals surface area contributed by atoms with Crippen molar-refractivity contribution >= 4 is 23.4 Å². The van der Waals surface area contributed by atoms with Crippen molar-refractivity contribution in [1.29, 1.82) is 0 Å². The molecule has 0 unspecified atom stereocenters. The van der Waals surface area contributed by atoms with Gasteiger partial charge in [0.1, 0.15) is 5.75 Å². The molecule has 1 N–H and O–H groups in total. The fourth-order valence-corrected chi connectivity index (χ4v) is 4.86. The lowest BCUT2D eigenvalue weighted by Gasteiger charge is -2.31. The minimum absolute atomic E-state index is 0.135. The summed E-state index contributed by atoms with van der Waals surface area (Å²) in [6, 6.07) is 15.1. The van der Waals surface area contributed by atoms with Gasteiger partial charge in [0.2, 0.25) is 11.1 Å². The fourth-order valence-electron chi connectivity index (χ4n) is 3.92. The molecule has 4 rings (SSSR count). The maximum absolute atomic E-state index is 13.2. The van der Waals surface area contributed by atoms with Gasteiger partial charge in [-0.1, -0.05) is 43.3 Å². The number of thioether (sulfide) groups is 1. The van der Waals surface area contributed by atoms with Crippen LogP contribution in [0, 0.1) is 0 Å². The van der Waals surface area contributed by atoms with E-state index in [2.05, 4.69) is 11.9 Å². The number of nitrogens with zero attached hydrogens (tertiary/aromatic N) is 3. The van der Waals surface area contributed by atoms with Gasteiger partial charge in [0.05, 0.1) is 17.9 Å². The van der Waals surface area contributed by atoms with Gasteiger partial charge in [-0.05, 0) is 48.4 Å². The number of amides is 1. The first-order chi connectivity index (χ1) is 15.5. The zero-order valence-corrected chi connectivity index (χ0v) is 19.3. The summed E-state index contributed by atoms with van der Waals surface area (Å²) in [4.78, 5) is 30.8. The molecular formula is C24H27N4O3S+. The number of carbonyl (C=O) groups is 1. The summed E-state index contributed by atoms with van der Waals surface area (Å²) in [5.74, 6) is 1.43. The van der Waals surface area contributed by atoms with Crippen molar-refractivity contribution in [3.05, 3.63) is 64.4 Å². The number of carbonyl (C=O) groups excluding carboxylic acids is 1. The van der Waals surface area contributed by atoms with E-state index in [1.54, 1.807) is 9.58 Å². The molecule has 3 aromatic rings. The Kier molecular flexibility index (Phi) is 6.60. The topological polar surface area (TPSA) is 79.2 Å². The minimum Gasteiger partial charge on any atom is -0.494 e. The lowest BCUT2D eigenvalue weighted by Crippen LogP contribution is -2.60. The van der Waals surface area contributed by atoms with Crippen molar-refractivity contribution < 1.29 is 14.2 Å². The number of anilines is 1. The Bertz CT molecular complexity index is 1190. The standard InChI is InChI=1S/C24H26N4O3S/c1-4-6-14-32-24-25-22(30)21-19-12-7-8-13-20(19)27(16(3)29)23(28(21)26-24)17-10-9-11-18(15-17)31-5-2/h7-13,15,23H,4-6,14H2,1-3H3/p+1/t23-/m0/s1. The normalized spacial score (nSPS) is 14.6. The Morgan fingerprint density at radius 2 is 2.03 bits per heavy atom. The van der Waals surface area contributed by atoms with E-state index in [1.165, 1.54) is 18.7 Å². The Morgan fingerprint density at radius 1 is 1.22 bits per heavy atom. The van der Waals surface area contributed by atoms with Crippen LogP contribution in [0.2, 0.25) is 0 Å². The molecule has 166 valence electrons. The van der Waals surface area contributed by atoms with Crippen molar-refractivity contribution in [1.82, 2.24) is 10.1 Å². The average Bonchev–Trinajstić information content (AvgIpc) is 2.78. The second kappa shape index (κ2) is 9.56. The van der Waals surface area contributed by atoms with Crippen molar-refractivity contribution in [2.45, 2.75) is 44.9 Å². The summed E-state index contributed by atoms with van der Waals surface area (Å²) in [6.45, 7) is 6.12. The molecule has 1 aliphatic rings. The molecule has 0 aliphatic carbocycles. The number of H-pyrrole nitrogens is 1. The summed E-state index contributed by atoms with van der Waals surface area (Å²) < 4.78 is 7.38. The molecule has 1 atom stereocenters. The van der Waals surface area contributed by atoms with Crippen LogP contribution in [0.3, 0.4) is 0 Å². The molecule has 32 heavy (non-hydrogen) atoms. The van der Waals surface area contributed by atoms with Crippen LogP contribution in [0.15, 0.2) is 58.5 Å². The van der Waals surface area contributed by atoms with Gasteiger partial charge in [-0.3, -0.25) is 14.6 Å². The number of para-hydroxylation sites is 1. The first-order valence-electron chi connectivity index (χ1n) is 10.9. The van der Waals surface area contributed by atoms with Gasteiger partial charge in [0.25, 0.3) is 6.17 Å². The van der Waals surface area contributed by atoms with Crippen LogP contribution < -0.4 is 19.9 Å². The van der Waals surface area contributed by atoms with Gasteiger partial charge in [0.15, 0.2) is 0 Å². The Hall–Kier alpha value is -3.13. The Labute approximate surface area is 191 Å². The zero-order chi connectivity index (χ0) is 22.7. The minimum atomic E-state index is -0.606. The molecule has 1 aliphatic heterocycles. The van der Waals surface area contributed by atoms with Crippen LogP contribution in [-0.4, -0.2) is 28.3 Å². The van der Waals surface area contributed by atoms with E-state index in [0.717, 1.165) is 24.2 Å². The highest BCUT2D eigenvalue weighted by Crippen LogP contribution is 2.37. The highest BCUT2D eigenvalue weighted by molar-refractivity contribution is 7.99. The van der Waals surface area contributed by atoms with Crippen LogP contribution in [0.25, 0.3) is 11.3 Å². The monoisotopic (exact) mass is 451 g/mol. The van der Waals surface area contributed by atoms with E-state index in [-0.39, 0.29) is 11.5 Å². The molecule has 0 fully saturated rings. The summed E-state index contributed by atoms with van der Waals surface area (Å²) in [5.41, 5.74) is 2.39. The van der Waals surface area contributed by atoms with Gasteiger partial charge in [-0.25, -0.2) is 4.90 Å². The van der Waals surface area contributed by atoms with E-state index in [9.17, 15) is 9.59 Å². The summed E-state index contributed by atoms with van der Waals surface area (Å²) in [6.07, 6.45) is 1.48. The predicted molar refractivity (Wildman–Crippen MR) is 125 cm³/mol. The second-order valence-electron chi connectivity index (χ2n) is 7.54. The van der Waals surface area contributed by atoms with E-state index >= 15 is 0 Å². The van der Waals surface area contributed by atoms with E-state index in [4.69, 9.17) is 9.84 Å². The van der Waals surface area contributed by atoms with Crippen molar-refractivity contribution in [2.75, 3.05) is 17.3 Å². The molecule has 7 nitrogen and oxygen atoms in total. The number of hydrogen-bond acceptors (Lipinski definition) is 5. The van der Waals surface area contributed by atoms with Gasteiger partial charge in [-0.15, -0.1) is 0 Å². The number of aromatic nitrogens is 3. The Morgan fingerprint density at radius 3 is 2.78 bits per heavy atom. The van der Waals surface area contributed by atoms with Crippen molar-refractivity contribution in [2.24, 2.45) is 0 Å². The van der Waals surface area contributed by atoms with Gasteiger partial charge in [-0.2, -0.15) is 0 Å². The van der Waals surface area contributed by atoms with Crippen molar-refractivity contribution in [3.63, 3.8) is 0 Å². The first-order valence-corrected chi connectivity index (χ1v) is 11.8. The highest BCUT2D eigenvalue weighted by atomic mass is 32.2. The fraction of sp³-hybridized carbons (Fsp3) is 0.333. The van der Waals surface area contributed by atoms with Crippen LogP contribution in [0.4, 0.5) is 5.69 Å². The zero-order valence-electron chi connectivity index (χ0n) is 18.5. The van der Waals surface area contributed by atoms with Crippen LogP contribution >= 0.6 is 11.8 Å². The molecule has 2 heterocycles. The average molecular weight is 452 g/mol. The third-order valence-corrected chi connectivity index (χ3v) is 6.25.